The molecule has 122 valence electrons. The Balaban J connectivity index is 1.88. The van der Waals surface area contributed by atoms with Gasteiger partial charge >= 0.3 is 5.69 Å². The summed E-state index contributed by atoms with van der Waals surface area (Å²) in [5.41, 5.74) is 2.99. The number of rotatable bonds is 6. The van der Waals surface area contributed by atoms with Gasteiger partial charge in [-0.2, -0.15) is 14.6 Å². The highest BCUT2D eigenvalue weighted by Gasteiger charge is 2.21. The zero-order valence-electron chi connectivity index (χ0n) is 12.4. The number of halogens is 1. The van der Waals surface area contributed by atoms with Crippen molar-refractivity contribution >= 4 is 29.1 Å². The van der Waals surface area contributed by atoms with Crippen LogP contribution in [0.1, 0.15) is 22.7 Å². The van der Waals surface area contributed by atoms with Crippen LogP contribution < -0.4 is 5.43 Å². The third kappa shape index (κ3) is 4.19. The zero-order valence-corrected chi connectivity index (χ0v) is 13.3. The summed E-state index contributed by atoms with van der Waals surface area (Å²) in [7, 11) is 0. The van der Waals surface area contributed by atoms with Crippen molar-refractivity contribution in [1.82, 2.24) is 15.2 Å². The average Bonchev–Trinajstić information content (AvgIpc) is 3.00. The Kier molecular flexibility index (Phi) is 5.16. The second kappa shape index (κ2) is 7.09. The highest BCUT2D eigenvalue weighted by atomic mass is 32.1. The molecule has 0 bridgehead atoms. The standard InChI is InChI=1S/C13H14FN5O3S/c1-8-13(19(21)22)9(2)18(17-8)6-5-12(20)16-15-7-10-3-4-11(14)23-10/h3-4,7H,5-6H2,1-2H3,(H,16,20)/b15-7-. The molecule has 0 aliphatic carbocycles. The van der Waals surface area contributed by atoms with E-state index >= 15 is 0 Å². The van der Waals surface area contributed by atoms with Gasteiger partial charge in [-0.1, -0.05) is 0 Å². The Morgan fingerprint density at radius 2 is 2.30 bits per heavy atom. The van der Waals surface area contributed by atoms with Crippen molar-refractivity contribution in [2.75, 3.05) is 0 Å². The quantitative estimate of drug-likeness (QED) is 0.495. The second-order valence-electron chi connectivity index (χ2n) is 4.68. The number of carbonyl (C=O) groups is 1. The molecular weight excluding hydrogens is 325 g/mol. The molecule has 0 saturated carbocycles. The molecule has 1 N–H and O–H groups in total. The van der Waals surface area contributed by atoms with E-state index in [0.717, 1.165) is 11.3 Å². The molecule has 0 aliphatic rings. The van der Waals surface area contributed by atoms with Crippen molar-refractivity contribution in [2.24, 2.45) is 5.10 Å². The first-order chi connectivity index (χ1) is 10.9. The molecule has 1 amide bonds. The number of hydrazone groups is 1. The van der Waals surface area contributed by atoms with Crippen LogP contribution in [0.3, 0.4) is 0 Å². The van der Waals surface area contributed by atoms with Crippen LogP contribution in [0.15, 0.2) is 17.2 Å². The largest absolute Gasteiger partial charge is 0.312 e. The predicted octanol–water partition coefficient (Wildman–Crippen LogP) is 2.15. The van der Waals surface area contributed by atoms with Gasteiger partial charge in [-0.15, -0.1) is 11.3 Å². The van der Waals surface area contributed by atoms with E-state index in [0.29, 0.717) is 16.3 Å². The predicted molar refractivity (Wildman–Crippen MR) is 83.0 cm³/mol. The fourth-order valence-electron chi connectivity index (χ4n) is 2.00. The van der Waals surface area contributed by atoms with Gasteiger partial charge < -0.3 is 0 Å². The first-order valence-corrected chi connectivity index (χ1v) is 7.45. The number of nitrogens with zero attached hydrogens (tertiary/aromatic N) is 4. The Hall–Kier alpha value is -2.62. The fourth-order valence-corrected chi connectivity index (χ4v) is 2.60. The van der Waals surface area contributed by atoms with Gasteiger partial charge in [0.1, 0.15) is 11.4 Å². The van der Waals surface area contributed by atoms with E-state index in [9.17, 15) is 19.3 Å². The van der Waals surface area contributed by atoms with Crippen LogP contribution in [0, 0.1) is 29.1 Å². The van der Waals surface area contributed by atoms with Crippen molar-refractivity contribution in [2.45, 2.75) is 26.8 Å². The lowest BCUT2D eigenvalue weighted by Gasteiger charge is -2.02. The van der Waals surface area contributed by atoms with E-state index in [-0.39, 0.29) is 29.7 Å². The monoisotopic (exact) mass is 339 g/mol. The molecule has 0 fully saturated rings. The highest BCUT2D eigenvalue weighted by Crippen LogP contribution is 2.21. The van der Waals surface area contributed by atoms with Gasteiger partial charge in [-0.3, -0.25) is 19.6 Å². The van der Waals surface area contributed by atoms with Crippen LogP contribution in [0.2, 0.25) is 0 Å². The summed E-state index contributed by atoms with van der Waals surface area (Å²) >= 11 is 0.913. The van der Waals surface area contributed by atoms with Crippen LogP contribution >= 0.6 is 11.3 Å². The molecule has 23 heavy (non-hydrogen) atoms. The second-order valence-corrected chi connectivity index (χ2v) is 5.75. The third-order valence-electron chi connectivity index (χ3n) is 3.05. The number of aromatic nitrogens is 2. The molecule has 2 aromatic rings. The van der Waals surface area contributed by atoms with Gasteiger partial charge in [0.25, 0.3) is 0 Å². The summed E-state index contributed by atoms with van der Waals surface area (Å²) in [5, 5.41) is 18.3. The average molecular weight is 339 g/mol. The maximum atomic E-state index is 12.8. The number of aryl methyl sites for hydroxylation is 2. The summed E-state index contributed by atoms with van der Waals surface area (Å²) in [6.45, 7) is 3.33. The molecule has 2 aromatic heterocycles. The van der Waals surface area contributed by atoms with Crippen molar-refractivity contribution < 1.29 is 14.1 Å². The van der Waals surface area contributed by atoms with Gasteiger partial charge in [-0.05, 0) is 26.0 Å². The zero-order chi connectivity index (χ0) is 17.0. The number of thiophene rings is 1. The molecule has 2 heterocycles. The number of hydrogen-bond donors (Lipinski definition) is 1. The Bertz CT molecular complexity index is 768. The molecule has 0 atom stereocenters. The van der Waals surface area contributed by atoms with Crippen molar-refractivity contribution in [3.05, 3.63) is 43.6 Å². The van der Waals surface area contributed by atoms with Crippen molar-refractivity contribution in [3.63, 3.8) is 0 Å². The van der Waals surface area contributed by atoms with Gasteiger partial charge in [0.2, 0.25) is 5.91 Å². The molecule has 2 rings (SSSR count). The summed E-state index contributed by atoms with van der Waals surface area (Å²) < 4.78 is 14.2. The van der Waals surface area contributed by atoms with Crippen LogP contribution in [-0.2, 0) is 11.3 Å². The maximum absolute atomic E-state index is 12.8. The van der Waals surface area contributed by atoms with E-state index in [4.69, 9.17) is 0 Å². The van der Waals surface area contributed by atoms with Gasteiger partial charge in [-0.25, -0.2) is 5.43 Å². The fraction of sp³-hybridized carbons (Fsp3) is 0.308. The van der Waals surface area contributed by atoms with E-state index < -0.39 is 4.92 Å². The SMILES string of the molecule is Cc1nn(CCC(=O)N/N=C\c2ccc(F)s2)c(C)c1[N+](=O)[O-]. The first kappa shape index (κ1) is 16.7. The minimum atomic E-state index is -0.487. The number of nitro groups is 1. The maximum Gasteiger partial charge on any atom is 0.312 e. The minimum absolute atomic E-state index is 0.0387. The molecule has 10 heteroatoms. The van der Waals surface area contributed by atoms with Crippen LogP contribution in [0.25, 0.3) is 0 Å². The van der Waals surface area contributed by atoms with Gasteiger partial charge in [0.05, 0.1) is 22.6 Å². The summed E-state index contributed by atoms with van der Waals surface area (Å²) in [5.74, 6) is -0.367. The Labute approximate surface area is 134 Å². The van der Waals surface area contributed by atoms with E-state index in [2.05, 4.69) is 15.6 Å². The van der Waals surface area contributed by atoms with Crippen molar-refractivity contribution in [1.29, 1.82) is 0 Å². The van der Waals surface area contributed by atoms with Gasteiger partial charge in [0.15, 0.2) is 5.13 Å². The van der Waals surface area contributed by atoms with Crippen LogP contribution in [-0.4, -0.2) is 26.8 Å². The van der Waals surface area contributed by atoms with E-state index in [1.165, 1.54) is 17.0 Å². The lowest BCUT2D eigenvalue weighted by Crippen LogP contribution is -2.20. The smallest absolute Gasteiger partial charge is 0.273 e. The van der Waals surface area contributed by atoms with Crippen molar-refractivity contribution in [3.8, 4) is 0 Å². The van der Waals surface area contributed by atoms with Crippen LogP contribution in [0.4, 0.5) is 10.1 Å². The number of nitrogens with one attached hydrogen (secondary N) is 1. The number of amides is 1. The lowest BCUT2D eigenvalue weighted by molar-refractivity contribution is -0.386. The highest BCUT2D eigenvalue weighted by molar-refractivity contribution is 7.12. The molecule has 0 aliphatic heterocycles. The minimum Gasteiger partial charge on any atom is -0.273 e. The van der Waals surface area contributed by atoms with E-state index in [1.54, 1.807) is 19.9 Å². The summed E-state index contributed by atoms with van der Waals surface area (Å²) in [6, 6.07) is 2.86. The number of carbonyl (C=O) groups excluding carboxylic acids is 1. The normalized spacial score (nSPS) is 11.1. The molecule has 0 radical (unpaired) electrons. The lowest BCUT2D eigenvalue weighted by atomic mass is 10.3. The van der Waals surface area contributed by atoms with E-state index in [1.807, 2.05) is 0 Å². The molecule has 8 nitrogen and oxygen atoms in total. The first-order valence-electron chi connectivity index (χ1n) is 6.64. The molecule has 0 saturated heterocycles. The summed E-state index contributed by atoms with van der Waals surface area (Å²) in [4.78, 5) is 22.7. The number of hydrogen-bond acceptors (Lipinski definition) is 6. The summed E-state index contributed by atoms with van der Waals surface area (Å²) in [6.07, 6.45) is 1.41. The molecular formula is C13H14FN5O3S. The van der Waals surface area contributed by atoms with Gasteiger partial charge in [0, 0.05) is 6.42 Å². The topological polar surface area (TPSA) is 102 Å². The third-order valence-corrected chi connectivity index (χ3v) is 3.86. The Morgan fingerprint density at radius 1 is 1.57 bits per heavy atom. The molecule has 0 unspecified atom stereocenters. The Morgan fingerprint density at radius 3 is 2.87 bits per heavy atom. The molecule has 0 spiro atoms. The molecule has 0 aromatic carbocycles. The van der Waals surface area contributed by atoms with Crippen LogP contribution in [0.5, 0.6) is 0 Å².